The van der Waals surface area contributed by atoms with Crippen molar-refractivity contribution in [3.8, 4) is 0 Å². The van der Waals surface area contributed by atoms with E-state index in [2.05, 4.69) is 15.9 Å². The summed E-state index contributed by atoms with van der Waals surface area (Å²) in [6, 6.07) is 2.87. The Bertz CT molecular complexity index is 930. The maximum absolute atomic E-state index is 15.1. The quantitative estimate of drug-likeness (QED) is 0.577. The smallest absolute Gasteiger partial charge is 0.355 e. The van der Waals surface area contributed by atoms with Crippen molar-refractivity contribution in [1.29, 1.82) is 0 Å². The lowest BCUT2D eigenvalue weighted by atomic mass is 10.1. The van der Waals surface area contributed by atoms with Crippen molar-refractivity contribution in [2.24, 2.45) is 0 Å². The maximum atomic E-state index is 15.1. The van der Waals surface area contributed by atoms with Crippen LogP contribution in [0.5, 0.6) is 0 Å². The highest BCUT2D eigenvalue weighted by Crippen LogP contribution is 2.37. The molecule has 1 fully saturated rings. The number of benzene rings is 1. The van der Waals surface area contributed by atoms with Gasteiger partial charge in [0.1, 0.15) is 18.2 Å². The fourth-order valence-corrected chi connectivity index (χ4v) is 4.12. The molecular formula is C20H23BrFN3O6. The first-order valence-electron chi connectivity index (χ1n) is 9.53. The van der Waals surface area contributed by atoms with Gasteiger partial charge < -0.3 is 28.9 Å². The van der Waals surface area contributed by atoms with Crippen LogP contribution in [0.4, 0.5) is 15.8 Å². The standard InChI is InChI=1S/C20H23BrFN3O6/c1-12(26)23-4-6-24(7-5-23)17-8-14(21)16(9-15(17)22)25-11-31-10-13(19(27)29-2)18(25)20(28)30-3/h8-9H,4-7,10-11H2,1-3H3. The number of esters is 2. The SMILES string of the molecule is COC(=O)C1=C(C(=O)OC)N(c2cc(F)c(N3CCN(C(C)=O)CC3)cc2Br)COC1. The molecule has 1 amide bonds. The van der Waals surface area contributed by atoms with E-state index in [9.17, 15) is 14.4 Å². The number of carbonyl (C=O) groups is 3. The number of amides is 1. The van der Waals surface area contributed by atoms with Gasteiger partial charge >= 0.3 is 11.9 Å². The average Bonchev–Trinajstić information content (AvgIpc) is 2.78. The summed E-state index contributed by atoms with van der Waals surface area (Å²) >= 11 is 3.45. The third-order valence-electron chi connectivity index (χ3n) is 5.21. The lowest BCUT2D eigenvalue weighted by molar-refractivity contribution is -0.140. The first-order valence-corrected chi connectivity index (χ1v) is 10.3. The summed E-state index contributed by atoms with van der Waals surface area (Å²) < 4.78 is 30.6. The van der Waals surface area contributed by atoms with Crippen LogP contribution in [0.15, 0.2) is 27.9 Å². The second-order valence-electron chi connectivity index (χ2n) is 6.96. The Hall–Kier alpha value is -2.66. The Morgan fingerprint density at radius 2 is 1.68 bits per heavy atom. The summed E-state index contributed by atoms with van der Waals surface area (Å²) in [6.45, 7) is 3.30. The van der Waals surface area contributed by atoms with Gasteiger partial charge in [-0.25, -0.2) is 14.0 Å². The summed E-state index contributed by atoms with van der Waals surface area (Å²) in [5.74, 6) is -2.02. The van der Waals surface area contributed by atoms with Crippen molar-refractivity contribution in [2.45, 2.75) is 6.92 Å². The van der Waals surface area contributed by atoms with Gasteiger partial charge in [0.25, 0.3) is 0 Å². The van der Waals surface area contributed by atoms with E-state index in [1.807, 2.05) is 4.90 Å². The van der Waals surface area contributed by atoms with Crippen LogP contribution in [0, 0.1) is 5.82 Å². The Kier molecular flexibility index (Phi) is 7.16. The Morgan fingerprint density at radius 1 is 1.03 bits per heavy atom. The molecule has 2 heterocycles. The highest BCUT2D eigenvalue weighted by atomic mass is 79.9. The van der Waals surface area contributed by atoms with Crippen LogP contribution in [0.25, 0.3) is 0 Å². The number of anilines is 2. The molecule has 1 aromatic carbocycles. The van der Waals surface area contributed by atoms with Crippen molar-refractivity contribution >= 4 is 45.2 Å². The highest BCUT2D eigenvalue weighted by molar-refractivity contribution is 9.10. The van der Waals surface area contributed by atoms with Crippen LogP contribution in [0.1, 0.15) is 6.92 Å². The fraction of sp³-hybridized carbons (Fsp3) is 0.450. The molecule has 1 aromatic rings. The second-order valence-corrected chi connectivity index (χ2v) is 7.82. The highest BCUT2D eigenvalue weighted by Gasteiger charge is 2.34. The molecule has 31 heavy (non-hydrogen) atoms. The molecule has 2 aliphatic heterocycles. The van der Waals surface area contributed by atoms with E-state index >= 15 is 4.39 Å². The molecule has 2 aliphatic rings. The van der Waals surface area contributed by atoms with E-state index in [0.29, 0.717) is 42.0 Å². The number of piperazine rings is 1. The lowest BCUT2D eigenvalue weighted by Gasteiger charge is -2.36. The van der Waals surface area contributed by atoms with Crippen LogP contribution >= 0.6 is 15.9 Å². The predicted molar refractivity (Wildman–Crippen MR) is 113 cm³/mol. The van der Waals surface area contributed by atoms with Crippen molar-refractivity contribution in [3.63, 3.8) is 0 Å². The monoisotopic (exact) mass is 499 g/mol. The fourth-order valence-electron chi connectivity index (χ4n) is 3.57. The van der Waals surface area contributed by atoms with E-state index in [4.69, 9.17) is 14.2 Å². The second kappa shape index (κ2) is 9.65. The van der Waals surface area contributed by atoms with E-state index in [1.54, 1.807) is 11.0 Å². The number of ether oxygens (including phenoxy) is 3. The van der Waals surface area contributed by atoms with Crippen molar-refractivity contribution in [2.75, 3.05) is 63.5 Å². The van der Waals surface area contributed by atoms with Crippen molar-refractivity contribution in [3.05, 3.63) is 33.7 Å². The molecule has 168 valence electrons. The van der Waals surface area contributed by atoms with Crippen LogP contribution < -0.4 is 9.80 Å². The minimum Gasteiger partial charge on any atom is -0.466 e. The molecule has 0 unspecified atom stereocenters. The minimum absolute atomic E-state index is 0.00899. The summed E-state index contributed by atoms with van der Waals surface area (Å²) in [6.07, 6.45) is 0. The minimum atomic E-state index is -0.763. The zero-order chi connectivity index (χ0) is 22.7. The maximum Gasteiger partial charge on any atom is 0.355 e. The van der Waals surface area contributed by atoms with Gasteiger partial charge in [-0.2, -0.15) is 0 Å². The van der Waals surface area contributed by atoms with Crippen LogP contribution in [-0.4, -0.2) is 76.5 Å². The molecule has 0 bridgehead atoms. The Morgan fingerprint density at radius 3 is 2.26 bits per heavy atom. The largest absolute Gasteiger partial charge is 0.466 e. The average molecular weight is 500 g/mol. The summed E-state index contributed by atoms with van der Waals surface area (Å²) in [4.78, 5) is 41.0. The number of hydrogen-bond acceptors (Lipinski definition) is 8. The summed E-state index contributed by atoms with van der Waals surface area (Å²) in [5, 5.41) is 0. The molecule has 0 spiro atoms. The van der Waals surface area contributed by atoms with E-state index < -0.39 is 17.8 Å². The zero-order valence-corrected chi connectivity index (χ0v) is 19.0. The first kappa shape index (κ1) is 23.0. The normalized spacial score (nSPS) is 17.0. The molecule has 0 saturated carbocycles. The number of nitrogens with zero attached hydrogens (tertiary/aromatic N) is 3. The van der Waals surface area contributed by atoms with E-state index in [1.165, 1.54) is 32.1 Å². The Labute approximate surface area is 187 Å². The van der Waals surface area contributed by atoms with Gasteiger partial charge in [0, 0.05) is 43.6 Å². The molecule has 11 heteroatoms. The zero-order valence-electron chi connectivity index (χ0n) is 17.4. The van der Waals surface area contributed by atoms with E-state index in [0.717, 1.165) is 0 Å². The molecule has 0 aromatic heterocycles. The molecule has 0 aliphatic carbocycles. The Balaban J connectivity index is 1.96. The molecule has 0 N–H and O–H groups in total. The number of rotatable bonds is 4. The van der Waals surface area contributed by atoms with Crippen LogP contribution in [0.3, 0.4) is 0 Å². The summed E-state index contributed by atoms with van der Waals surface area (Å²) in [7, 11) is 2.39. The molecule has 0 atom stereocenters. The number of methoxy groups -OCH3 is 2. The van der Waals surface area contributed by atoms with Gasteiger partial charge in [0.05, 0.1) is 37.8 Å². The lowest BCUT2D eigenvalue weighted by Crippen LogP contribution is -2.48. The molecule has 9 nitrogen and oxygen atoms in total. The van der Waals surface area contributed by atoms with Gasteiger partial charge in [0.2, 0.25) is 5.91 Å². The van der Waals surface area contributed by atoms with Crippen molar-refractivity contribution < 1.29 is 33.0 Å². The van der Waals surface area contributed by atoms with Crippen LogP contribution in [0.2, 0.25) is 0 Å². The topological polar surface area (TPSA) is 88.6 Å². The number of halogens is 2. The predicted octanol–water partition coefficient (Wildman–Crippen LogP) is 1.65. The number of carbonyl (C=O) groups excluding carboxylic acids is 3. The third-order valence-corrected chi connectivity index (χ3v) is 5.84. The van der Waals surface area contributed by atoms with Gasteiger partial charge in [-0.1, -0.05) is 0 Å². The number of hydrogen-bond donors (Lipinski definition) is 0. The van der Waals surface area contributed by atoms with Gasteiger partial charge in [-0.3, -0.25) is 4.79 Å². The molecular weight excluding hydrogens is 477 g/mol. The van der Waals surface area contributed by atoms with Crippen LogP contribution in [-0.2, 0) is 28.6 Å². The molecule has 3 rings (SSSR count). The molecule has 1 saturated heterocycles. The van der Waals surface area contributed by atoms with Crippen molar-refractivity contribution in [1.82, 2.24) is 4.90 Å². The van der Waals surface area contributed by atoms with Gasteiger partial charge in [0.15, 0.2) is 0 Å². The summed E-state index contributed by atoms with van der Waals surface area (Å²) in [5.41, 5.74) is 0.583. The van der Waals surface area contributed by atoms with E-state index in [-0.39, 0.29) is 30.5 Å². The van der Waals surface area contributed by atoms with Gasteiger partial charge in [-0.05, 0) is 22.0 Å². The third kappa shape index (κ3) is 4.67. The first-order chi connectivity index (χ1) is 14.8. The molecule has 0 radical (unpaired) electrons. The van der Waals surface area contributed by atoms with Gasteiger partial charge in [-0.15, -0.1) is 0 Å².